The van der Waals surface area contributed by atoms with Crippen LogP contribution in [0.2, 0.25) is 10.0 Å². The Morgan fingerprint density at radius 2 is 1.94 bits per heavy atom. The van der Waals surface area contributed by atoms with Gasteiger partial charge in [-0.05, 0) is 50.4 Å². The average molecular weight is 274 g/mol. The monoisotopic (exact) mass is 273 g/mol. The van der Waals surface area contributed by atoms with Crippen LogP contribution in [0.5, 0.6) is 5.75 Å². The lowest BCUT2D eigenvalue weighted by atomic mass is 9.95. The molecule has 1 aromatic carbocycles. The van der Waals surface area contributed by atoms with Crippen molar-refractivity contribution in [1.29, 1.82) is 0 Å². The second kappa shape index (κ2) is 6.48. The highest BCUT2D eigenvalue weighted by atomic mass is 35.5. The Morgan fingerprint density at radius 3 is 2.65 bits per heavy atom. The van der Waals surface area contributed by atoms with Gasteiger partial charge >= 0.3 is 0 Å². The maximum Gasteiger partial charge on any atom is 0.120 e. The predicted molar refractivity (Wildman–Crippen MR) is 72.2 cm³/mol. The van der Waals surface area contributed by atoms with Crippen LogP contribution in [-0.2, 0) is 0 Å². The van der Waals surface area contributed by atoms with E-state index in [2.05, 4.69) is 5.32 Å². The average Bonchev–Trinajstić information content (AvgIpc) is 2.35. The van der Waals surface area contributed by atoms with Crippen LogP contribution in [0.25, 0.3) is 0 Å². The summed E-state index contributed by atoms with van der Waals surface area (Å²) in [6.07, 6.45) is 3.62. The molecule has 0 saturated carbocycles. The number of nitrogens with one attached hydrogen (secondary N) is 1. The van der Waals surface area contributed by atoms with Crippen molar-refractivity contribution in [3.63, 3.8) is 0 Å². The van der Waals surface area contributed by atoms with Crippen LogP contribution in [-0.4, -0.2) is 19.7 Å². The maximum absolute atomic E-state index is 5.92. The summed E-state index contributed by atoms with van der Waals surface area (Å²) in [6.45, 7) is 3.03. The Hall–Kier alpha value is -0.440. The lowest BCUT2D eigenvalue weighted by molar-refractivity contribution is 0.252. The summed E-state index contributed by atoms with van der Waals surface area (Å²) in [5.41, 5.74) is 0. The topological polar surface area (TPSA) is 21.3 Å². The number of benzene rings is 1. The molecule has 4 heteroatoms. The van der Waals surface area contributed by atoms with E-state index in [1.54, 1.807) is 12.1 Å². The molecular weight excluding hydrogens is 257 g/mol. The Labute approximate surface area is 112 Å². The van der Waals surface area contributed by atoms with Crippen molar-refractivity contribution in [2.75, 3.05) is 19.7 Å². The second-order valence-electron chi connectivity index (χ2n) is 4.41. The highest BCUT2D eigenvalue weighted by Crippen LogP contribution is 2.26. The van der Waals surface area contributed by atoms with Crippen LogP contribution < -0.4 is 10.1 Å². The Kier molecular flexibility index (Phi) is 4.96. The van der Waals surface area contributed by atoms with Gasteiger partial charge in [-0.2, -0.15) is 0 Å². The van der Waals surface area contributed by atoms with Crippen molar-refractivity contribution in [2.45, 2.75) is 19.3 Å². The summed E-state index contributed by atoms with van der Waals surface area (Å²) in [5, 5.41) is 4.48. The fraction of sp³-hybridized carbons (Fsp3) is 0.538. The highest BCUT2D eigenvalue weighted by Gasteiger charge is 2.12. The first-order valence-corrected chi connectivity index (χ1v) is 6.80. The molecule has 2 nitrogen and oxygen atoms in total. The molecule has 0 atom stereocenters. The van der Waals surface area contributed by atoms with Gasteiger partial charge in [-0.1, -0.05) is 23.2 Å². The Morgan fingerprint density at radius 1 is 1.18 bits per heavy atom. The fourth-order valence-electron chi connectivity index (χ4n) is 2.08. The molecule has 0 aromatic heterocycles. The van der Waals surface area contributed by atoms with Gasteiger partial charge in [0.2, 0.25) is 0 Å². The summed E-state index contributed by atoms with van der Waals surface area (Å²) in [4.78, 5) is 0. The predicted octanol–water partition coefficient (Wildman–Crippen LogP) is 3.76. The third-order valence-electron chi connectivity index (χ3n) is 3.14. The largest absolute Gasteiger partial charge is 0.494 e. The summed E-state index contributed by atoms with van der Waals surface area (Å²) >= 11 is 11.8. The smallest absolute Gasteiger partial charge is 0.120 e. The fourth-order valence-corrected chi connectivity index (χ4v) is 2.37. The summed E-state index contributed by atoms with van der Waals surface area (Å²) in [6, 6.07) is 5.40. The van der Waals surface area contributed by atoms with E-state index in [1.165, 1.54) is 12.8 Å². The van der Waals surface area contributed by atoms with Gasteiger partial charge in [0.1, 0.15) is 5.75 Å². The van der Waals surface area contributed by atoms with E-state index in [1.807, 2.05) is 6.07 Å². The molecule has 17 heavy (non-hydrogen) atoms. The quantitative estimate of drug-likeness (QED) is 0.902. The van der Waals surface area contributed by atoms with E-state index in [9.17, 15) is 0 Å². The molecule has 1 heterocycles. The van der Waals surface area contributed by atoms with Gasteiger partial charge in [0, 0.05) is 6.07 Å². The van der Waals surface area contributed by atoms with Crippen molar-refractivity contribution in [2.24, 2.45) is 5.92 Å². The first-order valence-electron chi connectivity index (χ1n) is 6.04. The van der Waals surface area contributed by atoms with Crippen LogP contribution in [0.1, 0.15) is 19.3 Å². The molecule has 0 spiro atoms. The van der Waals surface area contributed by atoms with E-state index in [-0.39, 0.29) is 0 Å². The van der Waals surface area contributed by atoms with Crippen LogP contribution >= 0.6 is 23.2 Å². The molecule has 1 fully saturated rings. The van der Waals surface area contributed by atoms with Crippen LogP contribution in [0, 0.1) is 5.92 Å². The van der Waals surface area contributed by atoms with Gasteiger partial charge in [0.05, 0.1) is 16.7 Å². The number of hydrogen-bond donors (Lipinski definition) is 1. The second-order valence-corrected chi connectivity index (χ2v) is 5.22. The third kappa shape index (κ3) is 4.06. The molecule has 1 saturated heterocycles. The molecule has 1 aliphatic heterocycles. The van der Waals surface area contributed by atoms with Gasteiger partial charge in [-0.15, -0.1) is 0 Å². The van der Waals surface area contributed by atoms with Gasteiger partial charge in [0.15, 0.2) is 0 Å². The lowest BCUT2D eigenvalue weighted by Crippen LogP contribution is -2.28. The number of ether oxygens (including phenoxy) is 1. The summed E-state index contributed by atoms with van der Waals surface area (Å²) in [5.74, 6) is 1.59. The highest BCUT2D eigenvalue weighted by molar-refractivity contribution is 6.42. The third-order valence-corrected chi connectivity index (χ3v) is 3.88. The van der Waals surface area contributed by atoms with E-state index in [0.29, 0.717) is 10.0 Å². The van der Waals surface area contributed by atoms with Crippen molar-refractivity contribution >= 4 is 23.2 Å². The normalized spacial score (nSPS) is 17.1. The Balaban J connectivity index is 1.75. The minimum atomic E-state index is 0.547. The standard InChI is InChI=1S/C13H17Cl2NO/c14-12-2-1-11(9-13(12)15)17-8-5-10-3-6-16-7-4-10/h1-2,9-10,16H,3-8H2. The summed E-state index contributed by atoms with van der Waals surface area (Å²) in [7, 11) is 0. The zero-order valence-corrected chi connectivity index (χ0v) is 11.2. The first kappa shape index (κ1) is 13.0. The van der Waals surface area contributed by atoms with Crippen molar-refractivity contribution in [3.8, 4) is 5.75 Å². The number of piperidine rings is 1. The zero-order valence-electron chi connectivity index (χ0n) is 9.72. The summed E-state index contributed by atoms with van der Waals surface area (Å²) < 4.78 is 5.68. The number of halogens is 2. The van der Waals surface area contributed by atoms with Crippen LogP contribution in [0.15, 0.2) is 18.2 Å². The molecule has 1 N–H and O–H groups in total. The van der Waals surface area contributed by atoms with Crippen LogP contribution in [0.3, 0.4) is 0 Å². The molecule has 0 bridgehead atoms. The van der Waals surface area contributed by atoms with E-state index < -0.39 is 0 Å². The molecular formula is C13H17Cl2NO. The molecule has 0 radical (unpaired) electrons. The van der Waals surface area contributed by atoms with Crippen LogP contribution in [0.4, 0.5) is 0 Å². The molecule has 0 unspecified atom stereocenters. The molecule has 94 valence electrons. The molecule has 0 amide bonds. The van der Waals surface area contributed by atoms with Crippen molar-refractivity contribution < 1.29 is 4.74 Å². The first-order chi connectivity index (χ1) is 8.25. The van der Waals surface area contributed by atoms with Gasteiger partial charge in [-0.3, -0.25) is 0 Å². The Bertz CT molecular complexity index is 364. The maximum atomic E-state index is 5.92. The number of hydrogen-bond acceptors (Lipinski definition) is 2. The van der Waals surface area contributed by atoms with Gasteiger partial charge < -0.3 is 10.1 Å². The minimum Gasteiger partial charge on any atom is -0.494 e. The molecule has 2 rings (SSSR count). The van der Waals surface area contributed by atoms with Crippen molar-refractivity contribution in [1.82, 2.24) is 5.32 Å². The SMILES string of the molecule is Clc1ccc(OCCC2CCNCC2)cc1Cl. The van der Waals surface area contributed by atoms with E-state index in [4.69, 9.17) is 27.9 Å². The minimum absolute atomic E-state index is 0.547. The number of rotatable bonds is 4. The van der Waals surface area contributed by atoms with E-state index in [0.717, 1.165) is 37.8 Å². The van der Waals surface area contributed by atoms with E-state index >= 15 is 0 Å². The molecule has 1 aromatic rings. The van der Waals surface area contributed by atoms with Gasteiger partial charge in [0.25, 0.3) is 0 Å². The lowest BCUT2D eigenvalue weighted by Gasteiger charge is -2.22. The zero-order chi connectivity index (χ0) is 12.1. The molecule has 0 aliphatic carbocycles. The van der Waals surface area contributed by atoms with Crippen molar-refractivity contribution in [3.05, 3.63) is 28.2 Å². The van der Waals surface area contributed by atoms with Gasteiger partial charge in [-0.25, -0.2) is 0 Å². The molecule has 1 aliphatic rings.